The minimum absolute atomic E-state index is 0.0542. The number of aliphatic hydroxyl groups is 1. The topological polar surface area (TPSA) is 59.9 Å². The van der Waals surface area contributed by atoms with Gasteiger partial charge >= 0.3 is 0 Å². The van der Waals surface area contributed by atoms with Crippen molar-refractivity contribution in [2.75, 3.05) is 57.0 Å². The van der Waals surface area contributed by atoms with Crippen LogP contribution >= 0.6 is 11.9 Å². The van der Waals surface area contributed by atoms with Crippen LogP contribution in [-0.4, -0.2) is 77.3 Å². The summed E-state index contributed by atoms with van der Waals surface area (Å²) in [5, 5.41) is 11.0. The minimum Gasteiger partial charge on any atom is -0.395 e. The summed E-state index contributed by atoms with van der Waals surface area (Å²) >= 11 is 1.70. The van der Waals surface area contributed by atoms with E-state index in [4.69, 9.17) is 0 Å². The first-order valence-corrected chi connectivity index (χ1v) is 13.3. The van der Waals surface area contributed by atoms with Gasteiger partial charge in [0.25, 0.3) is 5.91 Å². The van der Waals surface area contributed by atoms with Crippen LogP contribution in [0.25, 0.3) is 10.9 Å². The zero-order chi connectivity index (χ0) is 24.4. The number of carbonyl (C=O) groups is 1. The first-order valence-electron chi connectivity index (χ1n) is 12.1. The highest BCUT2D eigenvalue weighted by molar-refractivity contribution is 7.96. The fraction of sp³-hybridized carbons (Fsp3) is 0.407. The minimum atomic E-state index is -0.343. The number of aromatic nitrogens is 1. The molecule has 0 saturated carbocycles. The molecule has 1 amide bonds. The first-order chi connectivity index (χ1) is 17.0. The highest BCUT2D eigenvalue weighted by atomic mass is 32.2. The standard InChI is InChI=1S/C27H31FN4O2S/c1-35-32-15-13-31(14-16-32)26(34)23-18-29-24-8-7-21(28)17-22(24)25(23)30-11-9-27(19-33,10-12-30)20-5-3-2-4-6-20/h2-8,17-18,33H,9-16,19H2,1H3. The smallest absolute Gasteiger partial charge is 0.257 e. The quantitative estimate of drug-likeness (QED) is 0.543. The van der Waals surface area contributed by atoms with Crippen molar-refractivity contribution in [3.05, 3.63) is 71.7 Å². The van der Waals surface area contributed by atoms with Gasteiger partial charge in [0, 0.05) is 56.3 Å². The van der Waals surface area contributed by atoms with E-state index in [9.17, 15) is 14.3 Å². The molecule has 2 aliphatic heterocycles. The predicted molar refractivity (Wildman–Crippen MR) is 139 cm³/mol. The van der Waals surface area contributed by atoms with Gasteiger partial charge in [0.15, 0.2) is 0 Å². The summed E-state index contributed by atoms with van der Waals surface area (Å²) in [4.78, 5) is 22.3. The fourth-order valence-corrected chi connectivity index (χ4v) is 5.91. The number of hydrogen-bond acceptors (Lipinski definition) is 6. The van der Waals surface area contributed by atoms with Gasteiger partial charge in [-0.3, -0.25) is 9.78 Å². The molecule has 0 spiro atoms. The van der Waals surface area contributed by atoms with Crippen LogP contribution in [0.2, 0.25) is 0 Å². The Balaban J connectivity index is 1.49. The molecule has 184 valence electrons. The van der Waals surface area contributed by atoms with E-state index in [1.54, 1.807) is 24.2 Å². The molecular formula is C27H31FN4O2S. The second-order valence-electron chi connectivity index (χ2n) is 9.38. The Labute approximate surface area is 209 Å². The lowest BCUT2D eigenvalue weighted by Crippen LogP contribution is -2.47. The van der Waals surface area contributed by atoms with Gasteiger partial charge < -0.3 is 14.9 Å². The van der Waals surface area contributed by atoms with Crippen LogP contribution in [0.4, 0.5) is 10.1 Å². The van der Waals surface area contributed by atoms with E-state index in [1.165, 1.54) is 12.1 Å². The first kappa shape index (κ1) is 24.0. The maximum atomic E-state index is 14.4. The molecule has 0 aliphatic carbocycles. The van der Waals surface area contributed by atoms with E-state index < -0.39 is 0 Å². The highest BCUT2D eigenvalue weighted by Gasteiger charge is 2.37. The number of nitrogens with zero attached hydrogens (tertiary/aromatic N) is 4. The number of anilines is 1. The van der Waals surface area contributed by atoms with E-state index >= 15 is 0 Å². The average molecular weight is 495 g/mol. The van der Waals surface area contributed by atoms with Crippen molar-refractivity contribution in [2.24, 2.45) is 0 Å². The Morgan fingerprint density at radius 2 is 1.77 bits per heavy atom. The van der Waals surface area contributed by atoms with Crippen LogP contribution in [0.1, 0.15) is 28.8 Å². The van der Waals surface area contributed by atoms with Crippen molar-refractivity contribution in [3.8, 4) is 0 Å². The summed E-state index contributed by atoms with van der Waals surface area (Å²) < 4.78 is 16.6. The lowest BCUT2D eigenvalue weighted by molar-refractivity contribution is 0.0704. The van der Waals surface area contributed by atoms with E-state index in [0.29, 0.717) is 42.6 Å². The number of halogens is 1. The van der Waals surface area contributed by atoms with Crippen LogP contribution in [0.5, 0.6) is 0 Å². The van der Waals surface area contributed by atoms with Crippen LogP contribution in [0, 0.1) is 5.82 Å². The molecule has 2 aromatic carbocycles. The number of piperidine rings is 1. The number of hydrogen-bond donors (Lipinski definition) is 1. The van der Waals surface area contributed by atoms with Gasteiger partial charge in [0.2, 0.25) is 0 Å². The van der Waals surface area contributed by atoms with Gasteiger partial charge in [-0.2, -0.15) is 0 Å². The molecule has 3 heterocycles. The summed E-state index contributed by atoms with van der Waals surface area (Å²) in [5.74, 6) is -0.397. The Bertz CT molecular complexity index is 1190. The molecule has 2 saturated heterocycles. The number of rotatable bonds is 5. The SMILES string of the molecule is CSN1CCN(C(=O)c2cnc3ccc(F)cc3c2N2CCC(CO)(c3ccccc3)CC2)CC1. The molecule has 0 unspecified atom stereocenters. The summed E-state index contributed by atoms with van der Waals surface area (Å²) in [6.07, 6.45) is 5.19. The number of pyridine rings is 1. The van der Waals surface area contributed by atoms with E-state index in [-0.39, 0.29) is 23.7 Å². The van der Waals surface area contributed by atoms with Gasteiger partial charge in [0.05, 0.1) is 23.4 Å². The van der Waals surface area contributed by atoms with Gasteiger partial charge in [-0.05, 0) is 42.9 Å². The molecule has 0 atom stereocenters. The van der Waals surface area contributed by atoms with E-state index in [2.05, 4.69) is 32.6 Å². The summed E-state index contributed by atoms with van der Waals surface area (Å²) in [6.45, 7) is 4.33. The van der Waals surface area contributed by atoms with E-state index in [1.807, 2.05) is 23.1 Å². The number of fused-ring (bicyclic) bond motifs is 1. The molecule has 3 aromatic rings. The number of amides is 1. The summed E-state index contributed by atoms with van der Waals surface area (Å²) in [6, 6.07) is 14.7. The molecule has 1 N–H and O–H groups in total. The molecular weight excluding hydrogens is 463 g/mol. The Morgan fingerprint density at radius 1 is 1.06 bits per heavy atom. The van der Waals surface area contributed by atoms with E-state index in [0.717, 1.165) is 37.2 Å². The molecule has 5 rings (SSSR count). The van der Waals surface area contributed by atoms with Gasteiger partial charge in [-0.15, -0.1) is 0 Å². The molecule has 0 bridgehead atoms. The molecule has 35 heavy (non-hydrogen) atoms. The largest absolute Gasteiger partial charge is 0.395 e. The van der Waals surface area contributed by atoms with Crippen LogP contribution in [0.3, 0.4) is 0 Å². The second-order valence-corrected chi connectivity index (χ2v) is 10.3. The zero-order valence-corrected chi connectivity index (χ0v) is 20.8. The highest BCUT2D eigenvalue weighted by Crippen LogP contribution is 2.39. The monoisotopic (exact) mass is 494 g/mol. The number of piperazine rings is 1. The van der Waals surface area contributed by atoms with Crippen LogP contribution < -0.4 is 4.90 Å². The third kappa shape index (κ3) is 4.62. The molecule has 2 fully saturated rings. The number of carbonyl (C=O) groups excluding carboxylic acids is 1. The predicted octanol–water partition coefficient (Wildman–Crippen LogP) is 3.94. The Morgan fingerprint density at radius 3 is 2.43 bits per heavy atom. The lowest BCUT2D eigenvalue weighted by atomic mass is 9.73. The van der Waals surface area contributed by atoms with Crippen LogP contribution in [-0.2, 0) is 5.41 Å². The van der Waals surface area contributed by atoms with Crippen molar-refractivity contribution in [2.45, 2.75) is 18.3 Å². The summed E-state index contributed by atoms with van der Waals surface area (Å²) in [7, 11) is 0. The van der Waals surface area contributed by atoms with Crippen molar-refractivity contribution in [3.63, 3.8) is 0 Å². The molecule has 8 heteroatoms. The normalized spacial score (nSPS) is 18.7. The van der Waals surface area contributed by atoms with Crippen molar-refractivity contribution in [1.82, 2.24) is 14.2 Å². The Kier molecular flexibility index (Phi) is 6.95. The van der Waals surface area contributed by atoms with Crippen LogP contribution in [0.15, 0.2) is 54.7 Å². The third-order valence-electron chi connectivity index (χ3n) is 7.54. The fourth-order valence-electron chi connectivity index (χ4n) is 5.38. The zero-order valence-electron chi connectivity index (χ0n) is 20.0. The number of aliphatic hydroxyl groups excluding tert-OH is 1. The maximum Gasteiger partial charge on any atom is 0.257 e. The molecule has 0 radical (unpaired) electrons. The summed E-state index contributed by atoms with van der Waals surface area (Å²) in [5.41, 5.74) is 2.77. The maximum absolute atomic E-state index is 14.4. The van der Waals surface area contributed by atoms with Gasteiger partial charge in [0.1, 0.15) is 5.82 Å². The van der Waals surface area contributed by atoms with Gasteiger partial charge in [-0.1, -0.05) is 42.3 Å². The van der Waals surface area contributed by atoms with Crippen molar-refractivity contribution in [1.29, 1.82) is 0 Å². The number of benzene rings is 2. The second kappa shape index (κ2) is 10.1. The Hall–Kier alpha value is -2.68. The van der Waals surface area contributed by atoms with Crippen molar-refractivity contribution < 1.29 is 14.3 Å². The average Bonchev–Trinajstić information content (AvgIpc) is 2.92. The third-order valence-corrected chi connectivity index (χ3v) is 8.42. The van der Waals surface area contributed by atoms with Crippen molar-refractivity contribution >= 4 is 34.4 Å². The molecule has 1 aromatic heterocycles. The molecule has 6 nitrogen and oxygen atoms in total. The lowest BCUT2D eigenvalue weighted by Gasteiger charge is -2.43. The van der Waals surface area contributed by atoms with Gasteiger partial charge in [-0.25, -0.2) is 8.70 Å². The molecule has 2 aliphatic rings.